The second kappa shape index (κ2) is 3.35. The first-order valence-corrected chi connectivity index (χ1v) is 1.97. The van der Waals surface area contributed by atoms with Crippen molar-refractivity contribution in [1.82, 2.24) is 5.48 Å². The first-order valence-electron chi connectivity index (χ1n) is 1.97. The minimum Gasteiger partial charge on any atom is -0.358 e. The van der Waals surface area contributed by atoms with Crippen LogP contribution in [0, 0.1) is 20.2 Å². The van der Waals surface area contributed by atoms with Crippen molar-refractivity contribution in [2.45, 2.75) is 0 Å². The highest BCUT2D eigenvalue weighted by molar-refractivity contribution is 4.76. The Hall–Kier alpha value is -1.70. The summed E-state index contributed by atoms with van der Waals surface area (Å²) < 4.78 is 0. The van der Waals surface area contributed by atoms with E-state index in [0.717, 1.165) is 5.48 Å². The average molecular weight is 149 g/mol. The molecule has 0 aliphatic rings. The molecule has 0 unspecified atom stereocenters. The maximum Gasteiger partial charge on any atom is 0.416 e. The van der Waals surface area contributed by atoms with Gasteiger partial charge in [0, 0.05) is 0 Å². The second-order valence-electron chi connectivity index (χ2n) is 1.17. The van der Waals surface area contributed by atoms with Crippen LogP contribution in [0.5, 0.6) is 0 Å². The molecule has 0 bridgehead atoms. The van der Waals surface area contributed by atoms with Gasteiger partial charge < -0.3 is 10.1 Å². The highest BCUT2D eigenvalue weighted by atomic mass is 16.6. The van der Waals surface area contributed by atoms with Crippen molar-refractivity contribution < 1.29 is 15.1 Å². The zero-order valence-electron chi connectivity index (χ0n) is 4.55. The van der Waals surface area contributed by atoms with Gasteiger partial charge in [-0.1, -0.05) is 0 Å². The van der Waals surface area contributed by atoms with Gasteiger partial charge in [-0.05, 0) is 4.92 Å². The van der Waals surface area contributed by atoms with Crippen LogP contribution in [0.3, 0.4) is 0 Å². The predicted octanol–water partition coefficient (Wildman–Crippen LogP) is -0.683. The molecule has 0 aliphatic carbocycles. The molecule has 8 nitrogen and oxygen atoms in total. The van der Waals surface area contributed by atoms with Crippen molar-refractivity contribution in [3.8, 4) is 0 Å². The SMILES string of the molecule is O=[N+]([O-])C=C(NO)[N+](=O)[O-]. The molecule has 10 heavy (non-hydrogen) atoms. The Labute approximate surface area is 54.0 Å². The number of hydrogen-bond donors (Lipinski definition) is 2. The van der Waals surface area contributed by atoms with Crippen LogP contribution in [-0.2, 0) is 0 Å². The van der Waals surface area contributed by atoms with Crippen LogP contribution in [0.15, 0.2) is 12.0 Å². The van der Waals surface area contributed by atoms with E-state index >= 15 is 0 Å². The van der Waals surface area contributed by atoms with Crippen LogP contribution in [0.2, 0.25) is 0 Å². The van der Waals surface area contributed by atoms with Gasteiger partial charge in [0.2, 0.25) is 0 Å². The van der Waals surface area contributed by atoms with Crippen LogP contribution in [-0.4, -0.2) is 15.1 Å². The van der Waals surface area contributed by atoms with Crippen LogP contribution >= 0.6 is 0 Å². The van der Waals surface area contributed by atoms with Crippen LogP contribution < -0.4 is 5.48 Å². The zero-order chi connectivity index (χ0) is 8.15. The topological polar surface area (TPSA) is 119 Å². The third kappa shape index (κ3) is 2.57. The van der Waals surface area contributed by atoms with Gasteiger partial charge >= 0.3 is 12.0 Å². The molecule has 0 fully saturated rings. The summed E-state index contributed by atoms with van der Waals surface area (Å²) in [7, 11) is 0. The molecule has 0 aliphatic heterocycles. The van der Waals surface area contributed by atoms with Crippen molar-refractivity contribution >= 4 is 0 Å². The second-order valence-corrected chi connectivity index (χ2v) is 1.17. The summed E-state index contributed by atoms with van der Waals surface area (Å²) in [6, 6.07) is 0. The monoisotopic (exact) mass is 149 g/mol. The quantitative estimate of drug-likeness (QED) is 0.405. The van der Waals surface area contributed by atoms with Gasteiger partial charge in [0.1, 0.15) is 0 Å². The molecule has 0 atom stereocenters. The number of nitro groups is 2. The molecule has 56 valence electrons. The van der Waals surface area contributed by atoms with Gasteiger partial charge in [0.15, 0.2) is 0 Å². The Morgan fingerprint density at radius 3 is 2.10 bits per heavy atom. The summed E-state index contributed by atoms with van der Waals surface area (Å²) in [4.78, 5) is 17.0. The number of nitrogens with zero attached hydrogens (tertiary/aromatic N) is 2. The number of hydroxylamine groups is 1. The molecule has 8 heteroatoms. The Balaban J connectivity index is 4.34. The molecule has 0 aromatic rings. The van der Waals surface area contributed by atoms with Gasteiger partial charge in [-0.25, -0.2) is 5.21 Å². The van der Waals surface area contributed by atoms with Crippen LogP contribution in [0.1, 0.15) is 0 Å². The Morgan fingerprint density at radius 2 is 2.00 bits per heavy atom. The van der Waals surface area contributed by atoms with E-state index in [-0.39, 0.29) is 6.20 Å². The lowest BCUT2D eigenvalue weighted by molar-refractivity contribution is -0.468. The molecule has 0 spiro atoms. The Morgan fingerprint density at radius 1 is 1.50 bits per heavy atom. The fraction of sp³-hybridized carbons (Fsp3) is 0. The van der Waals surface area contributed by atoms with E-state index in [0.29, 0.717) is 0 Å². The fourth-order valence-electron chi connectivity index (χ4n) is 0.217. The highest BCUT2D eigenvalue weighted by Crippen LogP contribution is 1.87. The van der Waals surface area contributed by atoms with Crippen molar-refractivity contribution in [2.24, 2.45) is 0 Å². The summed E-state index contributed by atoms with van der Waals surface area (Å²) in [5.74, 6) is -1.08. The van der Waals surface area contributed by atoms with Crippen molar-refractivity contribution in [1.29, 1.82) is 0 Å². The van der Waals surface area contributed by atoms with Gasteiger partial charge in [-0.15, -0.1) is 5.48 Å². The lowest BCUT2D eigenvalue weighted by atomic mass is 10.8. The first-order chi connectivity index (χ1) is 4.57. The van der Waals surface area contributed by atoms with Gasteiger partial charge in [-0.3, -0.25) is 10.1 Å². The minimum atomic E-state index is -1.12. The van der Waals surface area contributed by atoms with Crippen molar-refractivity contribution in [3.05, 3.63) is 32.2 Å². The van der Waals surface area contributed by atoms with Gasteiger partial charge in [0.05, 0.1) is 4.92 Å². The van der Waals surface area contributed by atoms with E-state index in [1.54, 1.807) is 0 Å². The summed E-state index contributed by atoms with van der Waals surface area (Å²) >= 11 is 0. The van der Waals surface area contributed by atoms with E-state index in [4.69, 9.17) is 5.21 Å². The summed E-state index contributed by atoms with van der Waals surface area (Å²) in [6.45, 7) is 0. The molecular weight excluding hydrogens is 146 g/mol. The predicted molar refractivity (Wildman–Crippen MR) is 27.0 cm³/mol. The fourth-order valence-corrected chi connectivity index (χ4v) is 0.217. The average Bonchev–Trinajstić information content (AvgIpc) is 1.81. The molecule has 0 heterocycles. The lowest BCUT2D eigenvalue weighted by Gasteiger charge is -1.90. The zero-order valence-corrected chi connectivity index (χ0v) is 4.55. The molecule has 0 rings (SSSR count). The highest BCUT2D eigenvalue weighted by Gasteiger charge is 2.11. The molecule has 0 amide bonds. The smallest absolute Gasteiger partial charge is 0.358 e. The van der Waals surface area contributed by atoms with Gasteiger partial charge in [0.25, 0.3) is 0 Å². The molecule has 0 saturated heterocycles. The normalized spacial score (nSPS) is 10.7. The molecule has 0 aromatic heterocycles. The Kier molecular flexibility index (Phi) is 2.78. The van der Waals surface area contributed by atoms with Gasteiger partial charge in [-0.2, -0.15) is 0 Å². The summed E-state index contributed by atoms with van der Waals surface area (Å²) in [6.07, 6.45) is 0.0417. The molecule has 0 radical (unpaired) electrons. The molecular formula is C2H3N3O5. The first kappa shape index (κ1) is 8.30. The Bertz CT molecular complexity index is 185. The van der Waals surface area contributed by atoms with E-state index in [9.17, 15) is 20.2 Å². The number of nitrogens with one attached hydrogen (secondary N) is 1. The van der Waals surface area contributed by atoms with Crippen LogP contribution in [0.4, 0.5) is 0 Å². The maximum absolute atomic E-state index is 9.68. The third-order valence-electron chi connectivity index (χ3n) is 0.539. The van der Waals surface area contributed by atoms with E-state index < -0.39 is 15.7 Å². The number of hydrogen-bond acceptors (Lipinski definition) is 6. The van der Waals surface area contributed by atoms with Crippen molar-refractivity contribution in [2.75, 3.05) is 0 Å². The largest absolute Gasteiger partial charge is 0.416 e. The molecule has 0 aromatic carbocycles. The van der Waals surface area contributed by atoms with E-state index in [1.807, 2.05) is 0 Å². The molecule has 2 N–H and O–H groups in total. The standard InChI is InChI=1S/C2H3N3O5/c6-3-2(5(9)10)1-4(7)8/h1,3,6H. The minimum absolute atomic E-state index is 0.0417. The maximum atomic E-state index is 9.68. The lowest BCUT2D eigenvalue weighted by Crippen LogP contribution is -2.16. The third-order valence-corrected chi connectivity index (χ3v) is 0.539. The van der Waals surface area contributed by atoms with E-state index in [1.165, 1.54) is 0 Å². The summed E-state index contributed by atoms with van der Waals surface area (Å²) in [5.41, 5.74) is 1.05. The summed E-state index contributed by atoms with van der Waals surface area (Å²) in [5, 5.41) is 27.1. The van der Waals surface area contributed by atoms with Crippen molar-refractivity contribution in [3.63, 3.8) is 0 Å². The van der Waals surface area contributed by atoms with E-state index in [2.05, 4.69) is 0 Å². The number of rotatable bonds is 3. The molecule has 0 saturated carbocycles. The van der Waals surface area contributed by atoms with Crippen LogP contribution in [0.25, 0.3) is 0 Å².